The van der Waals surface area contributed by atoms with Crippen molar-refractivity contribution in [2.45, 2.75) is 11.8 Å². The molecule has 0 unspecified atom stereocenters. The van der Waals surface area contributed by atoms with Gasteiger partial charge in [-0.2, -0.15) is 0 Å². The lowest BCUT2D eigenvalue weighted by Crippen LogP contribution is -2.38. The third-order valence-electron chi connectivity index (χ3n) is 4.38. The molecule has 0 aliphatic rings. The molecule has 6 nitrogen and oxygen atoms in total. The molecular formula is C22H21BrN2O4S. The summed E-state index contributed by atoms with van der Waals surface area (Å²) in [4.78, 5) is 12.8. The molecule has 0 fully saturated rings. The summed E-state index contributed by atoms with van der Waals surface area (Å²) >= 11 is 3.35. The van der Waals surface area contributed by atoms with Crippen molar-refractivity contribution >= 4 is 43.2 Å². The number of benzene rings is 3. The first-order valence-corrected chi connectivity index (χ1v) is 11.3. The zero-order chi connectivity index (χ0) is 21.7. The minimum atomic E-state index is -3.94. The maximum absolute atomic E-state index is 13.3. The van der Waals surface area contributed by atoms with Gasteiger partial charge in [0.15, 0.2) is 0 Å². The van der Waals surface area contributed by atoms with Gasteiger partial charge in [-0.3, -0.25) is 9.10 Å². The van der Waals surface area contributed by atoms with Gasteiger partial charge >= 0.3 is 0 Å². The number of amides is 1. The van der Waals surface area contributed by atoms with Gasteiger partial charge in [-0.15, -0.1) is 0 Å². The zero-order valence-corrected chi connectivity index (χ0v) is 18.9. The molecule has 0 saturated carbocycles. The monoisotopic (exact) mass is 488 g/mol. The summed E-state index contributed by atoms with van der Waals surface area (Å²) < 4.78 is 33.6. The van der Waals surface area contributed by atoms with Crippen LogP contribution in [0, 0.1) is 6.92 Å². The Labute approximate surface area is 184 Å². The SMILES string of the molecule is COc1ccc(NC(=O)CN(c2ccc(Br)cc2)S(=O)(=O)c2ccc(C)cc2)cc1. The molecule has 3 rings (SSSR count). The minimum Gasteiger partial charge on any atom is -0.497 e. The van der Waals surface area contributed by atoms with Crippen molar-refractivity contribution in [3.8, 4) is 5.75 Å². The van der Waals surface area contributed by atoms with Gasteiger partial charge in [-0.1, -0.05) is 33.6 Å². The molecular weight excluding hydrogens is 468 g/mol. The Morgan fingerprint density at radius 1 is 0.967 bits per heavy atom. The predicted octanol–water partition coefficient (Wildman–Crippen LogP) is 4.60. The van der Waals surface area contributed by atoms with Crippen molar-refractivity contribution in [1.29, 1.82) is 0 Å². The molecule has 0 aliphatic heterocycles. The lowest BCUT2D eigenvalue weighted by molar-refractivity contribution is -0.114. The second-order valence-electron chi connectivity index (χ2n) is 6.58. The van der Waals surface area contributed by atoms with E-state index in [9.17, 15) is 13.2 Å². The normalized spacial score (nSPS) is 11.0. The van der Waals surface area contributed by atoms with E-state index in [-0.39, 0.29) is 11.4 Å². The molecule has 30 heavy (non-hydrogen) atoms. The van der Waals surface area contributed by atoms with E-state index in [0.29, 0.717) is 17.1 Å². The summed E-state index contributed by atoms with van der Waals surface area (Å²) in [7, 11) is -2.39. The van der Waals surface area contributed by atoms with E-state index in [0.717, 1.165) is 14.3 Å². The number of carbonyl (C=O) groups is 1. The van der Waals surface area contributed by atoms with Gasteiger partial charge in [0.25, 0.3) is 10.0 Å². The minimum absolute atomic E-state index is 0.119. The fourth-order valence-corrected chi connectivity index (χ4v) is 4.45. The number of rotatable bonds is 7. The van der Waals surface area contributed by atoms with Crippen molar-refractivity contribution in [3.63, 3.8) is 0 Å². The van der Waals surface area contributed by atoms with E-state index in [4.69, 9.17) is 4.74 Å². The molecule has 0 radical (unpaired) electrons. The van der Waals surface area contributed by atoms with Crippen LogP contribution in [0.4, 0.5) is 11.4 Å². The third kappa shape index (κ3) is 5.20. The Hall–Kier alpha value is -2.84. The second-order valence-corrected chi connectivity index (χ2v) is 9.36. The number of hydrogen-bond donors (Lipinski definition) is 1. The van der Waals surface area contributed by atoms with E-state index in [1.165, 1.54) is 12.1 Å². The van der Waals surface area contributed by atoms with E-state index in [1.54, 1.807) is 67.8 Å². The lowest BCUT2D eigenvalue weighted by atomic mass is 10.2. The summed E-state index contributed by atoms with van der Waals surface area (Å²) in [6.07, 6.45) is 0. The number of sulfonamides is 1. The number of methoxy groups -OCH3 is 1. The summed E-state index contributed by atoms with van der Waals surface area (Å²) in [6.45, 7) is 1.51. The van der Waals surface area contributed by atoms with Gasteiger partial charge in [0.05, 0.1) is 17.7 Å². The van der Waals surface area contributed by atoms with Crippen LogP contribution in [-0.2, 0) is 14.8 Å². The molecule has 1 amide bonds. The third-order valence-corrected chi connectivity index (χ3v) is 6.70. The van der Waals surface area contributed by atoms with Crippen LogP contribution in [-0.4, -0.2) is 28.0 Å². The Kier molecular flexibility index (Phi) is 6.79. The van der Waals surface area contributed by atoms with Gasteiger partial charge < -0.3 is 10.1 Å². The second kappa shape index (κ2) is 9.32. The van der Waals surface area contributed by atoms with Crippen molar-refractivity contribution in [3.05, 3.63) is 82.8 Å². The maximum Gasteiger partial charge on any atom is 0.264 e. The van der Waals surface area contributed by atoms with Crippen LogP contribution in [0.15, 0.2) is 82.2 Å². The van der Waals surface area contributed by atoms with Crippen LogP contribution < -0.4 is 14.4 Å². The van der Waals surface area contributed by atoms with Gasteiger partial charge in [-0.25, -0.2) is 8.42 Å². The van der Waals surface area contributed by atoms with E-state index >= 15 is 0 Å². The van der Waals surface area contributed by atoms with Crippen molar-refractivity contribution in [1.82, 2.24) is 0 Å². The fourth-order valence-electron chi connectivity index (χ4n) is 2.77. The van der Waals surface area contributed by atoms with E-state index < -0.39 is 15.9 Å². The van der Waals surface area contributed by atoms with Gasteiger partial charge in [0, 0.05) is 10.2 Å². The Morgan fingerprint density at radius 3 is 2.13 bits per heavy atom. The van der Waals surface area contributed by atoms with E-state index in [2.05, 4.69) is 21.2 Å². The first-order valence-electron chi connectivity index (χ1n) is 9.08. The van der Waals surface area contributed by atoms with Crippen LogP contribution in [0.2, 0.25) is 0 Å². The van der Waals surface area contributed by atoms with E-state index in [1.807, 2.05) is 6.92 Å². The molecule has 0 atom stereocenters. The number of anilines is 2. The average Bonchev–Trinajstić information content (AvgIpc) is 2.73. The highest BCUT2D eigenvalue weighted by molar-refractivity contribution is 9.10. The largest absolute Gasteiger partial charge is 0.497 e. The molecule has 0 spiro atoms. The number of aryl methyl sites for hydroxylation is 1. The number of hydrogen-bond acceptors (Lipinski definition) is 4. The molecule has 0 aliphatic carbocycles. The van der Waals surface area contributed by atoms with Crippen LogP contribution >= 0.6 is 15.9 Å². The summed E-state index contributed by atoms with van der Waals surface area (Å²) in [5.74, 6) is 0.199. The molecule has 0 aromatic heterocycles. The predicted molar refractivity (Wildman–Crippen MR) is 121 cm³/mol. The molecule has 8 heteroatoms. The van der Waals surface area contributed by atoms with Crippen molar-refractivity contribution in [2.75, 3.05) is 23.3 Å². The average molecular weight is 489 g/mol. The van der Waals surface area contributed by atoms with Crippen LogP contribution in [0.3, 0.4) is 0 Å². The Bertz CT molecular complexity index is 1110. The van der Waals surface area contributed by atoms with Crippen molar-refractivity contribution < 1.29 is 17.9 Å². The number of nitrogens with one attached hydrogen (secondary N) is 1. The number of halogens is 1. The molecule has 1 N–H and O–H groups in total. The zero-order valence-electron chi connectivity index (χ0n) is 16.5. The van der Waals surface area contributed by atoms with Crippen molar-refractivity contribution in [2.24, 2.45) is 0 Å². The van der Waals surface area contributed by atoms with Gasteiger partial charge in [-0.05, 0) is 67.6 Å². The highest BCUT2D eigenvalue weighted by atomic mass is 79.9. The summed E-state index contributed by atoms with van der Waals surface area (Å²) in [5.41, 5.74) is 1.88. The molecule has 156 valence electrons. The smallest absolute Gasteiger partial charge is 0.264 e. The van der Waals surface area contributed by atoms with Gasteiger partial charge in [0.1, 0.15) is 12.3 Å². The standard InChI is InChI=1S/C22H21BrN2O4S/c1-16-3-13-21(14-4-16)30(27,28)25(19-9-5-17(23)6-10-19)15-22(26)24-18-7-11-20(29-2)12-8-18/h3-14H,15H2,1-2H3,(H,24,26). The maximum atomic E-state index is 13.3. The molecule has 3 aromatic carbocycles. The number of ether oxygens (including phenoxy) is 1. The molecule has 3 aromatic rings. The quantitative estimate of drug-likeness (QED) is 0.527. The number of carbonyl (C=O) groups excluding carboxylic acids is 1. The highest BCUT2D eigenvalue weighted by Gasteiger charge is 2.27. The van der Waals surface area contributed by atoms with Crippen LogP contribution in [0.1, 0.15) is 5.56 Å². The fraction of sp³-hybridized carbons (Fsp3) is 0.136. The summed E-state index contributed by atoms with van der Waals surface area (Å²) in [5, 5.41) is 2.73. The van der Waals surface area contributed by atoms with Gasteiger partial charge in [0.2, 0.25) is 5.91 Å². The van der Waals surface area contributed by atoms with Crippen LogP contribution in [0.25, 0.3) is 0 Å². The highest BCUT2D eigenvalue weighted by Crippen LogP contribution is 2.26. The lowest BCUT2D eigenvalue weighted by Gasteiger charge is -2.24. The first-order chi connectivity index (χ1) is 14.3. The Morgan fingerprint density at radius 2 is 1.57 bits per heavy atom. The molecule has 0 heterocycles. The number of nitrogens with zero attached hydrogens (tertiary/aromatic N) is 1. The van der Waals surface area contributed by atoms with Crippen LogP contribution in [0.5, 0.6) is 5.75 Å². The topological polar surface area (TPSA) is 75.7 Å². The summed E-state index contributed by atoms with van der Waals surface area (Å²) in [6, 6.07) is 20.1. The molecule has 0 saturated heterocycles. The Balaban J connectivity index is 1.90. The first kappa shape index (κ1) is 21.9. The molecule has 0 bridgehead atoms.